The number of hydrogen-bond donors (Lipinski definition) is 0. The van der Waals surface area contributed by atoms with Crippen LogP contribution in [-0.4, -0.2) is 46.8 Å². The third-order valence-electron chi connectivity index (χ3n) is 3.67. The second-order valence-electron chi connectivity index (χ2n) is 5.11. The first-order valence-electron chi connectivity index (χ1n) is 7.33. The van der Waals surface area contributed by atoms with Gasteiger partial charge in [0.1, 0.15) is 5.76 Å². The van der Waals surface area contributed by atoms with Gasteiger partial charge in [-0.05, 0) is 24.7 Å². The zero-order chi connectivity index (χ0) is 15.2. The van der Waals surface area contributed by atoms with Gasteiger partial charge in [0.15, 0.2) is 6.04 Å². The molecule has 6 heteroatoms. The lowest BCUT2D eigenvalue weighted by Gasteiger charge is -2.25. The molecule has 5 nitrogen and oxygen atoms in total. The molecule has 1 unspecified atom stereocenters. The lowest BCUT2D eigenvalue weighted by atomic mass is 10.0. The summed E-state index contributed by atoms with van der Waals surface area (Å²) < 4.78 is 5.38. The summed E-state index contributed by atoms with van der Waals surface area (Å²) >= 11 is 1.72. The quantitative estimate of drug-likeness (QED) is 0.430. The van der Waals surface area contributed by atoms with E-state index < -0.39 is 0 Å². The third-order valence-corrected chi connectivity index (χ3v) is 4.81. The molecule has 114 valence electrons. The molecule has 0 radical (unpaired) electrons. The van der Waals surface area contributed by atoms with E-state index in [1.165, 1.54) is 0 Å². The Bertz CT molecular complexity index is 521. The molecule has 1 atom stereocenters. The summed E-state index contributed by atoms with van der Waals surface area (Å²) in [5.41, 5.74) is 9.70. The zero-order valence-corrected chi connectivity index (χ0v) is 13.4. The number of carbonyl (C=O) groups is 1. The molecule has 1 amide bonds. The number of methoxy groups -OCH3 is 1. The molecule has 1 saturated heterocycles. The fraction of sp³-hybridized carbons (Fsp3) is 0.600. The van der Waals surface area contributed by atoms with Crippen LogP contribution < -0.4 is 0 Å². The average molecular weight is 307 g/mol. The van der Waals surface area contributed by atoms with Crippen LogP contribution in [-0.2, 0) is 9.53 Å². The molecule has 0 spiro atoms. The fourth-order valence-corrected chi connectivity index (χ4v) is 3.67. The van der Waals surface area contributed by atoms with Crippen molar-refractivity contribution in [3.05, 3.63) is 28.3 Å². The molecule has 0 N–H and O–H groups in total. The topological polar surface area (TPSA) is 65.9 Å². The van der Waals surface area contributed by atoms with Gasteiger partial charge in [0, 0.05) is 17.9 Å². The summed E-state index contributed by atoms with van der Waals surface area (Å²) in [6, 6.07) is -0.284. The van der Waals surface area contributed by atoms with Crippen LogP contribution in [0, 0.1) is 0 Å². The van der Waals surface area contributed by atoms with Crippen molar-refractivity contribution in [2.24, 2.45) is 0 Å². The largest absolute Gasteiger partial charge is 0.495 e. The van der Waals surface area contributed by atoms with Gasteiger partial charge >= 0.3 is 5.71 Å². The van der Waals surface area contributed by atoms with Crippen molar-refractivity contribution in [3.8, 4) is 0 Å². The number of ether oxygens (including phenoxy) is 1. The lowest BCUT2D eigenvalue weighted by Crippen LogP contribution is -2.42. The van der Waals surface area contributed by atoms with E-state index in [4.69, 9.17) is 4.74 Å². The number of carbonyl (C=O) groups excluding carboxylic acids is 1. The Morgan fingerprint density at radius 1 is 1.57 bits per heavy atom. The van der Waals surface area contributed by atoms with Gasteiger partial charge in [-0.15, -0.1) is 11.8 Å². The van der Waals surface area contributed by atoms with Crippen molar-refractivity contribution in [1.82, 2.24) is 4.90 Å². The smallest absolute Gasteiger partial charge is 0.322 e. The number of hydrogen-bond acceptors (Lipinski definition) is 3. The van der Waals surface area contributed by atoms with E-state index >= 15 is 0 Å². The molecule has 0 aromatic heterocycles. The van der Waals surface area contributed by atoms with Gasteiger partial charge in [-0.1, -0.05) is 13.3 Å². The van der Waals surface area contributed by atoms with Gasteiger partial charge in [0.05, 0.1) is 13.2 Å². The lowest BCUT2D eigenvalue weighted by molar-refractivity contribution is -0.128. The number of amides is 1. The van der Waals surface area contributed by atoms with Gasteiger partial charge in [-0.2, -0.15) is 4.79 Å². The van der Waals surface area contributed by atoms with E-state index in [1.807, 2.05) is 6.08 Å². The molecular weight excluding hydrogens is 286 g/mol. The van der Waals surface area contributed by atoms with Crippen LogP contribution in [0.4, 0.5) is 0 Å². The Kier molecular flexibility index (Phi) is 5.65. The Labute approximate surface area is 129 Å². The summed E-state index contributed by atoms with van der Waals surface area (Å²) in [6.45, 7) is 2.87. The van der Waals surface area contributed by atoms with E-state index in [1.54, 1.807) is 29.8 Å². The highest BCUT2D eigenvalue weighted by Crippen LogP contribution is 2.31. The molecule has 0 saturated carbocycles. The highest BCUT2D eigenvalue weighted by Gasteiger charge is 2.37. The SMILES string of the molecule is CCCCSC1=CC(N2CCCC2=O)C(=[N+]=[N-])C=C1OC. The van der Waals surface area contributed by atoms with Crippen LogP contribution in [0.1, 0.15) is 32.6 Å². The molecule has 1 aliphatic heterocycles. The first-order valence-corrected chi connectivity index (χ1v) is 8.32. The maximum absolute atomic E-state index is 12.0. The minimum Gasteiger partial charge on any atom is -0.495 e. The van der Waals surface area contributed by atoms with Crippen LogP contribution in [0.25, 0.3) is 5.53 Å². The Morgan fingerprint density at radius 3 is 2.95 bits per heavy atom. The Morgan fingerprint density at radius 2 is 2.38 bits per heavy atom. The monoisotopic (exact) mass is 307 g/mol. The molecular formula is C15H21N3O2S. The summed E-state index contributed by atoms with van der Waals surface area (Å²) in [5, 5.41) is 0. The standard InChI is InChI=1S/C15H21N3O2S/c1-3-4-8-21-14-10-12(18-7-5-6-15(18)19)11(17-16)9-13(14)20-2/h9-10,12H,3-8H2,1-2H3. The molecule has 0 aromatic carbocycles. The predicted molar refractivity (Wildman–Crippen MR) is 83.9 cm³/mol. The molecule has 21 heavy (non-hydrogen) atoms. The van der Waals surface area contributed by atoms with Gasteiger partial charge < -0.3 is 15.2 Å². The van der Waals surface area contributed by atoms with Crippen molar-refractivity contribution in [1.29, 1.82) is 0 Å². The first-order chi connectivity index (χ1) is 10.2. The third kappa shape index (κ3) is 3.57. The molecule has 1 fully saturated rings. The van der Waals surface area contributed by atoms with E-state index in [-0.39, 0.29) is 11.9 Å². The molecule has 1 heterocycles. The van der Waals surface area contributed by atoms with E-state index in [2.05, 4.69) is 11.7 Å². The van der Waals surface area contributed by atoms with Crippen LogP contribution in [0.2, 0.25) is 0 Å². The van der Waals surface area contributed by atoms with E-state index in [9.17, 15) is 10.3 Å². The maximum atomic E-state index is 12.0. The van der Waals surface area contributed by atoms with Gasteiger partial charge in [-0.25, -0.2) is 0 Å². The van der Waals surface area contributed by atoms with E-state index in [0.717, 1.165) is 29.9 Å². The summed E-state index contributed by atoms with van der Waals surface area (Å²) in [5.74, 6) is 1.83. The minimum atomic E-state index is -0.284. The Balaban J connectivity index is 2.24. The zero-order valence-electron chi connectivity index (χ0n) is 12.5. The number of rotatable bonds is 6. The maximum Gasteiger partial charge on any atom is 0.322 e. The number of likely N-dealkylation sites (tertiary alicyclic amines) is 1. The van der Waals surface area contributed by atoms with Crippen LogP contribution in [0.5, 0.6) is 0 Å². The van der Waals surface area contributed by atoms with Crippen molar-refractivity contribution >= 4 is 23.4 Å². The second kappa shape index (κ2) is 7.48. The van der Waals surface area contributed by atoms with Crippen LogP contribution >= 0.6 is 11.8 Å². The van der Waals surface area contributed by atoms with Gasteiger partial charge in [0.25, 0.3) is 0 Å². The predicted octanol–water partition coefficient (Wildman–Crippen LogP) is 2.61. The van der Waals surface area contributed by atoms with Crippen molar-refractivity contribution in [3.63, 3.8) is 0 Å². The summed E-state index contributed by atoms with van der Waals surface area (Å²) in [6.07, 6.45) is 7.42. The van der Waals surface area contributed by atoms with Crippen molar-refractivity contribution < 1.29 is 14.3 Å². The molecule has 2 rings (SSSR count). The summed E-state index contributed by atoms with van der Waals surface area (Å²) in [7, 11) is 1.61. The normalized spacial score (nSPS) is 22.0. The fourth-order valence-electron chi connectivity index (χ4n) is 2.51. The summed E-state index contributed by atoms with van der Waals surface area (Å²) in [4.78, 5) is 18.1. The van der Waals surface area contributed by atoms with Crippen molar-refractivity contribution in [2.45, 2.75) is 38.6 Å². The molecule has 0 aromatic rings. The Hall–Kier alpha value is -1.52. The van der Waals surface area contributed by atoms with Gasteiger partial charge in [-0.3, -0.25) is 4.79 Å². The number of nitrogens with zero attached hydrogens (tertiary/aromatic N) is 3. The number of thioether (sulfide) groups is 1. The van der Waals surface area contributed by atoms with Crippen LogP contribution in [0.3, 0.4) is 0 Å². The highest BCUT2D eigenvalue weighted by molar-refractivity contribution is 8.03. The van der Waals surface area contributed by atoms with Crippen molar-refractivity contribution in [2.75, 3.05) is 19.4 Å². The average Bonchev–Trinajstić information content (AvgIpc) is 2.93. The first kappa shape index (κ1) is 15.9. The molecule has 2 aliphatic rings. The number of unbranched alkanes of at least 4 members (excludes halogenated alkanes) is 1. The molecule has 0 bridgehead atoms. The second-order valence-corrected chi connectivity index (χ2v) is 6.24. The van der Waals surface area contributed by atoms with Crippen LogP contribution in [0.15, 0.2) is 22.8 Å². The highest BCUT2D eigenvalue weighted by atomic mass is 32.2. The minimum absolute atomic E-state index is 0.115. The van der Waals surface area contributed by atoms with Gasteiger partial charge in [0.2, 0.25) is 5.91 Å². The molecule has 1 aliphatic carbocycles. The van der Waals surface area contributed by atoms with E-state index in [0.29, 0.717) is 24.4 Å².